The van der Waals surface area contributed by atoms with Crippen LogP contribution in [0.2, 0.25) is 0 Å². The second-order valence-corrected chi connectivity index (χ2v) is 14.8. The molecule has 0 spiro atoms. The molecule has 0 fully saturated rings. The van der Waals surface area contributed by atoms with Gasteiger partial charge in [0.15, 0.2) is 6.29 Å². The quantitative estimate of drug-likeness (QED) is 0.0242. The first-order chi connectivity index (χ1) is 27.5. The third kappa shape index (κ3) is 33.5. The van der Waals surface area contributed by atoms with Crippen LogP contribution in [0.3, 0.4) is 0 Å². The van der Waals surface area contributed by atoms with Crippen molar-refractivity contribution in [3.63, 3.8) is 0 Å². The molecule has 0 aromatic carbocycles. The molecule has 0 saturated carbocycles. The molecule has 0 aliphatic heterocycles. The lowest BCUT2D eigenvalue weighted by Crippen LogP contribution is -2.03. The van der Waals surface area contributed by atoms with Gasteiger partial charge in [0.1, 0.15) is 5.69 Å². The van der Waals surface area contributed by atoms with Gasteiger partial charge in [-0.25, -0.2) is 9.97 Å². The predicted octanol–water partition coefficient (Wildman–Crippen LogP) is 9.13. The van der Waals surface area contributed by atoms with Crippen molar-refractivity contribution in [2.75, 3.05) is 43.7 Å². The van der Waals surface area contributed by atoms with Crippen LogP contribution in [0.25, 0.3) is 0 Å². The van der Waals surface area contributed by atoms with Gasteiger partial charge >= 0.3 is 23.9 Å². The molecular formula is C42H68N2O10S3. The third-order valence-corrected chi connectivity index (χ3v) is 9.69. The van der Waals surface area contributed by atoms with E-state index in [4.69, 9.17) is 24.1 Å². The standard InChI is InChI=1S/C14H21NO3S.C14H19NO3S.C7H14O2S.C7H14O2/c2*1-3-18-14(17)6-4-5-9-19-13-8-7-11(2)12(10-16)15-13;1-2-9-7(8)5-3-4-6-10;1-3-5-6-7(8)9-4-2/h7-8,16H,3-6,9-10H2,1-2H3;7-8,10H,3-6,9H2,1-2H3;10H,2-6H2,1H3;3-6H2,1-2H3. The smallest absolute Gasteiger partial charge is 0.305 e. The Balaban J connectivity index is 0. The molecule has 324 valence electrons. The highest BCUT2D eigenvalue weighted by molar-refractivity contribution is 7.99. The molecule has 2 aromatic rings. The van der Waals surface area contributed by atoms with Gasteiger partial charge in [0.05, 0.1) is 48.8 Å². The fraction of sp³-hybridized carbons (Fsp3) is 0.643. The SMILES string of the molecule is CCCCC(=O)OCC.CCOC(=O)CCCCS.CCOC(=O)CCCCSc1ccc(C)c(C=O)n1.CCOC(=O)CCCCSc1ccc(C)c(CO)n1. The van der Waals surface area contributed by atoms with Crippen molar-refractivity contribution in [1.82, 2.24) is 9.97 Å². The number of esters is 4. The van der Waals surface area contributed by atoms with E-state index < -0.39 is 0 Å². The van der Waals surface area contributed by atoms with Gasteiger partial charge in [-0.1, -0.05) is 25.5 Å². The van der Waals surface area contributed by atoms with E-state index in [2.05, 4.69) is 29.5 Å². The number of unbranched alkanes of at least 4 members (excludes halogenated alkanes) is 4. The van der Waals surface area contributed by atoms with Gasteiger partial charge in [-0.3, -0.25) is 24.0 Å². The number of carbonyl (C=O) groups excluding carboxylic acids is 5. The number of pyridine rings is 2. The molecule has 57 heavy (non-hydrogen) atoms. The highest BCUT2D eigenvalue weighted by Crippen LogP contribution is 2.20. The summed E-state index contributed by atoms with van der Waals surface area (Å²) in [6.45, 7) is 15.0. The summed E-state index contributed by atoms with van der Waals surface area (Å²) >= 11 is 7.27. The zero-order valence-electron chi connectivity index (χ0n) is 35.3. The van der Waals surface area contributed by atoms with Gasteiger partial charge in [0, 0.05) is 25.7 Å². The molecule has 0 saturated heterocycles. The highest BCUT2D eigenvalue weighted by Gasteiger charge is 2.06. The van der Waals surface area contributed by atoms with Crippen LogP contribution >= 0.6 is 36.2 Å². The zero-order chi connectivity index (χ0) is 43.1. The van der Waals surface area contributed by atoms with E-state index in [1.54, 1.807) is 30.4 Å². The number of hydrogen-bond acceptors (Lipinski definition) is 15. The van der Waals surface area contributed by atoms with Crippen LogP contribution in [-0.2, 0) is 44.7 Å². The number of nitrogens with zero attached hydrogens (tertiary/aromatic N) is 2. The van der Waals surface area contributed by atoms with Crippen molar-refractivity contribution in [1.29, 1.82) is 0 Å². The normalized spacial score (nSPS) is 9.98. The Kier molecular flexibility index (Phi) is 38.9. The summed E-state index contributed by atoms with van der Waals surface area (Å²) in [7, 11) is 0. The van der Waals surface area contributed by atoms with Crippen molar-refractivity contribution in [2.45, 2.75) is 142 Å². The highest BCUT2D eigenvalue weighted by atomic mass is 32.2. The van der Waals surface area contributed by atoms with Crippen molar-refractivity contribution >= 4 is 66.3 Å². The Bertz CT molecular complexity index is 1380. The summed E-state index contributed by atoms with van der Waals surface area (Å²) in [5, 5.41) is 10.9. The lowest BCUT2D eigenvalue weighted by Gasteiger charge is -2.05. The van der Waals surface area contributed by atoms with Crippen LogP contribution in [0.4, 0.5) is 0 Å². The lowest BCUT2D eigenvalue weighted by molar-refractivity contribution is -0.144. The van der Waals surface area contributed by atoms with Crippen LogP contribution in [0.1, 0.15) is 139 Å². The average molecular weight is 857 g/mol. The van der Waals surface area contributed by atoms with Crippen LogP contribution in [-0.4, -0.2) is 88.9 Å². The van der Waals surface area contributed by atoms with E-state index in [1.807, 2.05) is 58.9 Å². The van der Waals surface area contributed by atoms with Gasteiger partial charge in [0.2, 0.25) is 0 Å². The van der Waals surface area contributed by atoms with Crippen LogP contribution in [0.15, 0.2) is 34.3 Å². The van der Waals surface area contributed by atoms with Crippen molar-refractivity contribution in [3.05, 3.63) is 46.8 Å². The van der Waals surface area contributed by atoms with Gasteiger partial charge in [-0.05, 0) is 127 Å². The van der Waals surface area contributed by atoms with E-state index in [1.165, 1.54) is 0 Å². The van der Waals surface area contributed by atoms with Gasteiger partial charge in [-0.15, -0.1) is 23.5 Å². The topological polar surface area (TPSA) is 168 Å². The number of aryl methyl sites for hydroxylation is 2. The number of hydrogen-bond donors (Lipinski definition) is 2. The van der Waals surface area contributed by atoms with Crippen molar-refractivity contribution in [3.8, 4) is 0 Å². The van der Waals surface area contributed by atoms with Gasteiger partial charge in [-0.2, -0.15) is 12.6 Å². The number of aliphatic hydroxyl groups excluding tert-OH is 1. The van der Waals surface area contributed by atoms with E-state index in [-0.39, 0.29) is 30.5 Å². The van der Waals surface area contributed by atoms with E-state index in [0.717, 1.165) is 102 Å². The molecule has 0 radical (unpaired) electrons. The first-order valence-electron chi connectivity index (χ1n) is 19.9. The first-order valence-corrected chi connectivity index (χ1v) is 22.6. The number of aromatic nitrogens is 2. The third-order valence-electron chi connectivity index (χ3n) is 7.34. The molecule has 0 aliphatic rings. The molecule has 0 amide bonds. The van der Waals surface area contributed by atoms with Crippen LogP contribution in [0, 0.1) is 13.8 Å². The summed E-state index contributed by atoms with van der Waals surface area (Å²) < 4.78 is 19.1. The molecule has 15 heteroatoms. The Morgan fingerprint density at radius 3 is 1.40 bits per heavy atom. The number of thioether (sulfide) groups is 2. The minimum Gasteiger partial charge on any atom is -0.466 e. The minimum absolute atomic E-state index is 0.0247. The molecule has 12 nitrogen and oxygen atoms in total. The van der Waals surface area contributed by atoms with Crippen LogP contribution < -0.4 is 0 Å². The molecule has 2 heterocycles. The second-order valence-electron chi connectivity index (χ2n) is 12.2. The molecule has 0 unspecified atom stereocenters. The maximum atomic E-state index is 11.1. The first kappa shape index (κ1) is 56.0. The monoisotopic (exact) mass is 856 g/mol. The van der Waals surface area contributed by atoms with E-state index >= 15 is 0 Å². The second kappa shape index (κ2) is 39.7. The molecule has 0 bridgehead atoms. The minimum atomic E-state index is -0.135. The van der Waals surface area contributed by atoms with Gasteiger partial charge in [0.25, 0.3) is 0 Å². The number of thiol groups is 1. The Morgan fingerprint density at radius 2 is 1.02 bits per heavy atom. The Hall–Kier alpha value is -3.14. The summed E-state index contributed by atoms with van der Waals surface area (Å²) in [4.78, 5) is 62.9. The molecular weight excluding hydrogens is 789 g/mol. The zero-order valence-corrected chi connectivity index (χ0v) is 37.8. The van der Waals surface area contributed by atoms with E-state index in [9.17, 15) is 24.0 Å². The summed E-state index contributed by atoms with van der Waals surface area (Å²) in [5.74, 6) is 2.23. The van der Waals surface area contributed by atoms with Crippen LogP contribution in [0.5, 0.6) is 0 Å². The van der Waals surface area contributed by atoms with Gasteiger partial charge < -0.3 is 24.1 Å². The number of rotatable bonds is 25. The fourth-order valence-corrected chi connectivity index (χ4v) is 6.25. The maximum absolute atomic E-state index is 11.1. The largest absolute Gasteiger partial charge is 0.466 e. The lowest BCUT2D eigenvalue weighted by atomic mass is 10.2. The predicted molar refractivity (Wildman–Crippen MR) is 232 cm³/mol. The van der Waals surface area contributed by atoms with E-state index in [0.29, 0.717) is 57.8 Å². The molecule has 0 aliphatic carbocycles. The number of carbonyl (C=O) groups is 5. The molecule has 0 atom stereocenters. The Labute approximate surface area is 355 Å². The fourth-order valence-electron chi connectivity index (χ4n) is 4.25. The van der Waals surface area contributed by atoms with Crippen molar-refractivity contribution < 1.29 is 48.0 Å². The molecule has 1 N–H and O–H groups in total. The maximum Gasteiger partial charge on any atom is 0.305 e. The summed E-state index contributed by atoms with van der Waals surface area (Å²) in [6.07, 6.45) is 10.2. The Morgan fingerprint density at radius 1 is 0.614 bits per heavy atom. The molecule has 2 rings (SSSR count). The summed E-state index contributed by atoms with van der Waals surface area (Å²) in [6, 6.07) is 7.75. The van der Waals surface area contributed by atoms with Crippen molar-refractivity contribution in [2.24, 2.45) is 0 Å². The molecule has 2 aromatic heterocycles. The average Bonchev–Trinajstić information content (AvgIpc) is 3.19. The number of aldehydes is 1. The summed E-state index contributed by atoms with van der Waals surface area (Å²) in [5.41, 5.74) is 3.13. The number of aliphatic hydroxyl groups is 1. The number of ether oxygens (including phenoxy) is 4.